The Bertz CT molecular complexity index is 826. The van der Waals surface area contributed by atoms with Crippen LogP contribution in [0.4, 0.5) is 0 Å². The third kappa shape index (κ3) is 3.19. The Morgan fingerprint density at radius 2 is 2.04 bits per heavy atom. The fourth-order valence-corrected chi connectivity index (χ4v) is 2.49. The maximum atomic E-state index is 12.3. The smallest absolute Gasteiger partial charge is 0.256 e. The zero-order valence-corrected chi connectivity index (χ0v) is 13.5. The van der Waals surface area contributed by atoms with E-state index in [0.717, 1.165) is 24.1 Å². The lowest BCUT2D eigenvalue weighted by Gasteiger charge is -2.06. The van der Waals surface area contributed by atoms with E-state index in [2.05, 4.69) is 22.3 Å². The van der Waals surface area contributed by atoms with Crippen LogP contribution < -0.4 is 5.32 Å². The van der Waals surface area contributed by atoms with Gasteiger partial charge in [0.15, 0.2) is 5.65 Å². The molecule has 0 saturated heterocycles. The number of halogens is 1. The van der Waals surface area contributed by atoms with Gasteiger partial charge in [0.2, 0.25) is 0 Å². The first-order chi connectivity index (χ1) is 11.2. The molecule has 0 fully saturated rings. The first-order valence-corrected chi connectivity index (χ1v) is 7.95. The Kier molecular flexibility index (Phi) is 4.57. The van der Waals surface area contributed by atoms with Crippen molar-refractivity contribution in [2.45, 2.75) is 19.8 Å². The fourth-order valence-electron chi connectivity index (χ4n) is 2.36. The van der Waals surface area contributed by atoms with E-state index in [4.69, 9.17) is 11.6 Å². The molecular weight excluding hydrogens is 312 g/mol. The van der Waals surface area contributed by atoms with Crippen LogP contribution in [0.2, 0.25) is 5.02 Å². The Hall–Kier alpha value is -2.40. The average molecular weight is 329 g/mol. The Morgan fingerprint density at radius 1 is 1.26 bits per heavy atom. The van der Waals surface area contributed by atoms with Gasteiger partial charge in [0.05, 0.1) is 11.9 Å². The monoisotopic (exact) mass is 328 g/mol. The zero-order valence-electron chi connectivity index (χ0n) is 12.8. The lowest BCUT2D eigenvalue weighted by Crippen LogP contribution is -2.24. The lowest BCUT2D eigenvalue weighted by molar-refractivity contribution is 0.0954. The third-order valence-corrected chi connectivity index (χ3v) is 3.85. The summed E-state index contributed by atoms with van der Waals surface area (Å²) in [6.07, 6.45) is 5.23. The van der Waals surface area contributed by atoms with Crippen molar-refractivity contribution < 1.29 is 4.79 Å². The molecule has 2 aromatic heterocycles. The molecule has 0 radical (unpaired) electrons. The van der Waals surface area contributed by atoms with E-state index < -0.39 is 0 Å². The molecule has 118 valence electrons. The summed E-state index contributed by atoms with van der Waals surface area (Å²) < 4.78 is 1.68. The quantitative estimate of drug-likeness (QED) is 0.728. The highest BCUT2D eigenvalue weighted by Crippen LogP contribution is 2.22. The Morgan fingerprint density at radius 3 is 2.78 bits per heavy atom. The van der Waals surface area contributed by atoms with Crippen molar-refractivity contribution >= 4 is 23.2 Å². The number of aromatic nitrogens is 3. The van der Waals surface area contributed by atoms with Crippen LogP contribution in [0.1, 0.15) is 30.1 Å². The van der Waals surface area contributed by atoms with Gasteiger partial charge in [-0.05, 0) is 24.6 Å². The van der Waals surface area contributed by atoms with Crippen LogP contribution in [0, 0.1) is 0 Å². The topological polar surface area (TPSA) is 59.3 Å². The minimum atomic E-state index is -0.144. The molecule has 3 aromatic rings. The molecule has 2 heterocycles. The molecule has 5 nitrogen and oxygen atoms in total. The number of nitrogens with zero attached hydrogens (tertiary/aromatic N) is 3. The molecule has 1 N–H and O–H groups in total. The average Bonchev–Trinajstić information content (AvgIpc) is 3.00. The van der Waals surface area contributed by atoms with Gasteiger partial charge in [-0.1, -0.05) is 37.1 Å². The molecule has 0 bridgehead atoms. The van der Waals surface area contributed by atoms with Crippen LogP contribution in [0.5, 0.6) is 0 Å². The lowest BCUT2D eigenvalue weighted by atomic mass is 10.1. The predicted octanol–water partition coefficient (Wildman–Crippen LogP) is 3.58. The number of amides is 1. The highest BCUT2D eigenvalue weighted by molar-refractivity contribution is 6.30. The third-order valence-electron chi connectivity index (χ3n) is 3.60. The van der Waals surface area contributed by atoms with Gasteiger partial charge in [-0.25, -0.2) is 9.50 Å². The van der Waals surface area contributed by atoms with E-state index in [1.807, 2.05) is 30.3 Å². The van der Waals surface area contributed by atoms with Crippen molar-refractivity contribution in [1.82, 2.24) is 19.9 Å². The number of unbranched alkanes of at least 4 members (excludes halogenated alkanes) is 1. The van der Waals surface area contributed by atoms with Crippen LogP contribution >= 0.6 is 11.6 Å². The molecular formula is C17H17ClN4O. The summed E-state index contributed by atoms with van der Waals surface area (Å²) in [6, 6.07) is 9.34. The van der Waals surface area contributed by atoms with Crippen molar-refractivity contribution in [1.29, 1.82) is 0 Å². The number of hydrogen-bond acceptors (Lipinski definition) is 3. The van der Waals surface area contributed by atoms with Gasteiger partial charge in [0.25, 0.3) is 5.91 Å². The van der Waals surface area contributed by atoms with Gasteiger partial charge in [0.1, 0.15) is 5.56 Å². The Balaban J connectivity index is 1.97. The summed E-state index contributed by atoms with van der Waals surface area (Å²) in [7, 11) is 0. The molecule has 0 atom stereocenters. The standard InChI is InChI=1S/C17H17ClN4O/c1-2-3-9-20-17(23)14-11-21-22-15(8-10-19-16(14)22)12-4-6-13(18)7-5-12/h4-8,10-11H,2-3,9H2,1H3,(H,20,23). The van der Waals surface area contributed by atoms with Gasteiger partial charge in [-0.15, -0.1) is 0 Å². The first-order valence-electron chi connectivity index (χ1n) is 7.57. The molecule has 0 unspecified atom stereocenters. The molecule has 0 aliphatic carbocycles. The van der Waals surface area contributed by atoms with E-state index in [1.165, 1.54) is 0 Å². The highest BCUT2D eigenvalue weighted by atomic mass is 35.5. The van der Waals surface area contributed by atoms with Gasteiger partial charge < -0.3 is 5.32 Å². The number of hydrogen-bond donors (Lipinski definition) is 1. The van der Waals surface area contributed by atoms with Gasteiger partial charge >= 0.3 is 0 Å². The zero-order chi connectivity index (χ0) is 16.2. The second kappa shape index (κ2) is 6.79. The maximum Gasteiger partial charge on any atom is 0.256 e. The molecule has 1 amide bonds. The van der Waals surface area contributed by atoms with Crippen LogP contribution in [0.15, 0.2) is 42.7 Å². The van der Waals surface area contributed by atoms with Gasteiger partial charge in [0, 0.05) is 23.3 Å². The van der Waals surface area contributed by atoms with Crippen LogP contribution in [0.3, 0.4) is 0 Å². The number of carbonyl (C=O) groups excluding carboxylic acids is 1. The summed E-state index contributed by atoms with van der Waals surface area (Å²) in [6.45, 7) is 2.74. The largest absolute Gasteiger partial charge is 0.352 e. The summed E-state index contributed by atoms with van der Waals surface area (Å²) in [5.74, 6) is -0.144. The van der Waals surface area contributed by atoms with Crippen molar-refractivity contribution in [3.8, 4) is 11.3 Å². The van der Waals surface area contributed by atoms with Gasteiger partial charge in [-0.3, -0.25) is 4.79 Å². The molecule has 1 aromatic carbocycles. The number of fused-ring (bicyclic) bond motifs is 1. The SMILES string of the molecule is CCCCNC(=O)c1cnn2c(-c3ccc(Cl)cc3)ccnc12. The summed E-state index contributed by atoms with van der Waals surface area (Å²) in [5.41, 5.74) is 2.85. The molecule has 0 aliphatic heterocycles. The summed E-state index contributed by atoms with van der Waals surface area (Å²) >= 11 is 5.94. The number of nitrogens with one attached hydrogen (secondary N) is 1. The summed E-state index contributed by atoms with van der Waals surface area (Å²) in [4.78, 5) is 16.6. The number of benzene rings is 1. The van der Waals surface area contributed by atoms with Crippen molar-refractivity contribution in [2.24, 2.45) is 0 Å². The van der Waals surface area contributed by atoms with Crippen molar-refractivity contribution in [3.63, 3.8) is 0 Å². The normalized spacial score (nSPS) is 10.9. The first kappa shape index (κ1) is 15.5. The second-order valence-corrected chi connectivity index (χ2v) is 5.68. The van der Waals surface area contributed by atoms with Crippen LogP contribution in [0.25, 0.3) is 16.9 Å². The van der Waals surface area contributed by atoms with Crippen molar-refractivity contribution in [3.05, 3.63) is 53.3 Å². The van der Waals surface area contributed by atoms with E-state index in [-0.39, 0.29) is 5.91 Å². The molecule has 6 heteroatoms. The minimum absolute atomic E-state index is 0.144. The molecule has 0 aliphatic rings. The van der Waals surface area contributed by atoms with E-state index in [1.54, 1.807) is 16.9 Å². The van der Waals surface area contributed by atoms with E-state index in [0.29, 0.717) is 22.8 Å². The number of carbonyl (C=O) groups is 1. The predicted molar refractivity (Wildman–Crippen MR) is 90.7 cm³/mol. The highest BCUT2D eigenvalue weighted by Gasteiger charge is 2.15. The van der Waals surface area contributed by atoms with Gasteiger partial charge in [-0.2, -0.15) is 5.10 Å². The molecule has 0 spiro atoms. The molecule has 23 heavy (non-hydrogen) atoms. The fraction of sp³-hybridized carbons (Fsp3) is 0.235. The maximum absolute atomic E-state index is 12.3. The number of rotatable bonds is 5. The molecule has 0 saturated carbocycles. The van der Waals surface area contributed by atoms with Crippen LogP contribution in [-0.4, -0.2) is 27.0 Å². The van der Waals surface area contributed by atoms with E-state index >= 15 is 0 Å². The van der Waals surface area contributed by atoms with E-state index in [9.17, 15) is 4.79 Å². The van der Waals surface area contributed by atoms with Crippen LogP contribution in [-0.2, 0) is 0 Å². The Labute approximate surface area is 139 Å². The minimum Gasteiger partial charge on any atom is -0.352 e. The van der Waals surface area contributed by atoms with Crippen molar-refractivity contribution in [2.75, 3.05) is 6.54 Å². The second-order valence-electron chi connectivity index (χ2n) is 5.24. The summed E-state index contributed by atoms with van der Waals surface area (Å²) in [5, 5.41) is 7.90. The molecule has 3 rings (SSSR count).